The van der Waals surface area contributed by atoms with Crippen molar-refractivity contribution in [3.8, 4) is 0 Å². The Morgan fingerprint density at radius 2 is 2.31 bits per heavy atom. The van der Waals surface area contributed by atoms with Gasteiger partial charge < -0.3 is 26.6 Å². The molecule has 4 unspecified atom stereocenters. The quantitative estimate of drug-likeness (QED) is 0.238. The Labute approximate surface area is 151 Å². The number of fused-ring (bicyclic) bond motifs is 2. The molecular weight excluding hydrogens is 364 g/mol. The third-order valence-electron chi connectivity index (χ3n) is 4.42. The highest BCUT2D eigenvalue weighted by molar-refractivity contribution is 7.85. The number of nitrogens with two attached hydrogens (primary N) is 2. The lowest BCUT2D eigenvalue weighted by Crippen LogP contribution is -2.56. The van der Waals surface area contributed by atoms with Gasteiger partial charge in [0.25, 0.3) is 0 Å². The molecule has 6 atom stereocenters. The van der Waals surface area contributed by atoms with Crippen molar-refractivity contribution in [1.82, 2.24) is 15.3 Å². The number of rotatable bonds is 4. The molecule has 14 heteroatoms. The molecular formula is C12H20BN7O5P+. The zero-order valence-electron chi connectivity index (χ0n) is 13.7. The predicted octanol–water partition coefficient (Wildman–Crippen LogP) is -2.54. The lowest BCUT2D eigenvalue weighted by molar-refractivity contribution is -0.0452. The Balaban J connectivity index is 1.63. The zero-order chi connectivity index (χ0) is 18.5. The summed E-state index contributed by atoms with van der Waals surface area (Å²) in [5, 5.41) is 17.1. The third kappa shape index (κ3) is 3.00. The van der Waals surface area contributed by atoms with Crippen LogP contribution in [-0.2, 0) is 13.8 Å². The van der Waals surface area contributed by atoms with Crippen LogP contribution in [-0.4, -0.2) is 78.1 Å². The van der Waals surface area contributed by atoms with Gasteiger partial charge in [-0.3, -0.25) is 10.2 Å². The maximum Gasteiger partial charge on any atom is 0.488 e. The lowest BCUT2D eigenvalue weighted by Gasteiger charge is -2.33. The monoisotopic (exact) mass is 384 g/mol. The summed E-state index contributed by atoms with van der Waals surface area (Å²) < 4.78 is 16.3. The zero-order valence-corrected chi connectivity index (χ0v) is 14.6. The summed E-state index contributed by atoms with van der Waals surface area (Å²) in [6.07, 6.45) is -2.52. The van der Waals surface area contributed by atoms with E-state index in [1.54, 1.807) is 4.90 Å². The van der Waals surface area contributed by atoms with Crippen molar-refractivity contribution in [2.75, 3.05) is 35.6 Å². The molecule has 2 fully saturated rings. The Morgan fingerprint density at radius 3 is 3.08 bits per heavy atom. The van der Waals surface area contributed by atoms with E-state index < -0.39 is 38.7 Å². The van der Waals surface area contributed by atoms with Gasteiger partial charge in [-0.25, -0.2) is 14.9 Å². The molecule has 0 aromatic carbocycles. The molecule has 1 aromatic heterocycles. The summed E-state index contributed by atoms with van der Waals surface area (Å²) in [7, 11) is 2.09. The standard InChI is InChI=1S/C12H20BN7O5P/c13-26(22)23-3-5-8(25-26)7(21)11(24-5)20-10-6(9(15)17-4-18-10)19-12(20)16-2-1-14/h4-5,7-8,11-12,16,19,21-22H,1-3,14H2,(H2,15,17,18)/q+1/t5-,7?,8-,11?,12?,26?/m1/s1. The Bertz CT molecular complexity index is 687. The Morgan fingerprint density at radius 1 is 1.50 bits per heavy atom. The molecule has 140 valence electrons. The van der Waals surface area contributed by atoms with E-state index in [9.17, 15) is 10.00 Å². The fraction of sp³-hybridized carbons (Fsp3) is 0.667. The van der Waals surface area contributed by atoms with Gasteiger partial charge in [-0.2, -0.15) is 9.05 Å². The van der Waals surface area contributed by atoms with Crippen molar-refractivity contribution in [1.29, 1.82) is 0 Å². The third-order valence-corrected chi connectivity index (χ3v) is 5.49. The van der Waals surface area contributed by atoms with Crippen LogP contribution in [0.1, 0.15) is 0 Å². The van der Waals surface area contributed by atoms with Crippen molar-refractivity contribution in [2.24, 2.45) is 5.73 Å². The van der Waals surface area contributed by atoms with E-state index in [0.717, 1.165) is 0 Å². The lowest BCUT2D eigenvalue weighted by atomic mass is 10.1. The molecule has 4 heterocycles. The highest BCUT2D eigenvalue weighted by Gasteiger charge is 2.59. The Hall–Kier alpha value is -1.31. The van der Waals surface area contributed by atoms with Crippen LogP contribution in [0, 0.1) is 0 Å². The second-order valence-corrected chi connectivity index (χ2v) is 7.74. The summed E-state index contributed by atoms with van der Waals surface area (Å²) in [6.45, 7) is 0.920. The first-order valence-corrected chi connectivity index (χ1v) is 9.71. The van der Waals surface area contributed by atoms with Crippen molar-refractivity contribution < 1.29 is 23.8 Å². The molecule has 0 amide bonds. The van der Waals surface area contributed by atoms with Crippen LogP contribution in [0.4, 0.5) is 17.3 Å². The highest BCUT2D eigenvalue weighted by atomic mass is 31.2. The van der Waals surface area contributed by atoms with E-state index in [0.29, 0.717) is 24.6 Å². The average Bonchev–Trinajstić information content (AvgIpc) is 3.11. The van der Waals surface area contributed by atoms with Gasteiger partial charge in [-0.15, -0.1) is 0 Å². The first-order valence-electron chi connectivity index (χ1n) is 8.07. The van der Waals surface area contributed by atoms with Crippen LogP contribution < -0.4 is 27.0 Å². The molecule has 4 rings (SSSR count). The smallest absolute Gasteiger partial charge is 0.385 e. The topological polar surface area (TPSA) is 173 Å². The van der Waals surface area contributed by atoms with Crippen molar-refractivity contribution in [3.05, 3.63) is 6.33 Å². The maximum atomic E-state index is 10.8. The van der Waals surface area contributed by atoms with Crippen molar-refractivity contribution >= 4 is 32.7 Å². The molecule has 2 radical (unpaired) electrons. The van der Waals surface area contributed by atoms with Gasteiger partial charge in [0.05, 0.1) is 0 Å². The first-order chi connectivity index (χ1) is 12.4. The fourth-order valence-electron chi connectivity index (χ4n) is 3.29. The average molecular weight is 384 g/mol. The number of aliphatic hydroxyl groups excluding tert-OH is 1. The van der Waals surface area contributed by atoms with E-state index in [1.165, 1.54) is 6.33 Å². The van der Waals surface area contributed by atoms with Gasteiger partial charge in [0.15, 0.2) is 30.3 Å². The molecule has 3 aliphatic rings. The number of nitrogens with zero attached hydrogens (tertiary/aromatic N) is 3. The van der Waals surface area contributed by atoms with Crippen LogP contribution in [0.15, 0.2) is 6.33 Å². The van der Waals surface area contributed by atoms with Crippen LogP contribution >= 0.6 is 7.82 Å². The molecule has 26 heavy (non-hydrogen) atoms. The van der Waals surface area contributed by atoms with Crippen molar-refractivity contribution in [3.63, 3.8) is 0 Å². The largest absolute Gasteiger partial charge is 0.488 e. The van der Waals surface area contributed by atoms with E-state index in [-0.39, 0.29) is 12.4 Å². The number of hydrogen-bond acceptors (Lipinski definition) is 12. The van der Waals surface area contributed by atoms with Crippen LogP contribution in [0.2, 0.25) is 0 Å². The maximum absolute atomic E-state index is 10.8. The number of hydrogen-bond donors (Lipinski definition) is 6. The summed E-state index contributed by atoms with van der Waals surface area (Å²) in [5.74, 6) is 0.734. The molecule has 1 aromatic rings. The van der Waals surface area contributed by atoms with Gasteiger partial charge in [0.1, 0.15) is 30.8 Å². The number of nitrogen functional groups attached to an aromatic ring is 1. The van der Waals surface area contributed by atoms with Gasteiger partial charge in [-0.05, 0) is 0 Å². The summed E-state index contributed by atoms with van der Waals surface area (Å²) in [4.78, 5) is 19.8. The predicted molar refractivity (Wildman–Crippen MR) is 93.8 cm³/mol. The summed E-state index contributed by atoms with van der Waals surface area (Å²) >= 11 is 0. The van der Waals surface area contributed by atoms with Gasteiger partial charge in [0, 0.05) is 13.1 Å². The molecule has 3 aliphatic heterocycles. The molecule has 0 aliphatic carbocycles. The number of aromatic nitrogens is 2. The molecule has 0 saturated carbocycles. The van der Waals surface area contributed by atoms with E-state index >= 15 is 0 Å². The SMILES string of the molecule is [B][P+]1(O)OC[C@H]2OC(N3c4ncnc(N)c4NC3NCCN)C(O)[C@@H]2O1. The number of aliphatic hydroxyl groups is 1. The van der Waals surface area contributed by atoms with E-state index in [4.69, 9.17) is 32.8 Å². The van der Waals surface area contributed by atoms with E-state index in [2.05, 4.69) is 20.6 Å². The minimum Gasteiger partial charge on any atom is -0.385 e. The molecule has 0 spiro atoms. The van der Waals surface area contributed by atoms with Crippen LogP contribution in [0.25, 0.3) is 0 Å². The fourth-order valence-corrected chi connectivity index (χ4v) is 4.32. The second-order valence-electron chi connectivity index (χ2n) is 6.14. The number of ether oxygens (including phenoxy) is 1. The van der Waals surface area contributed by atoms with Gasteiger partial charge in [-0.1, -0.05) is 0 Å². The van der Waals surface area contributed by atoms with Gasteiger partial charge in [0.2, 0.25) is 0 Å². The normalized spacial score (nSPS) is 38.7. The first kappa shape index (κ1) is 18.1. The summed E-state index contributed by atoms with van der Waals surface area (Å²) in [6, 6.07) is 0. The van der Waals surface area contributed by atoms with E-state index in [1.807, 2.05) is 0 Å². The molecule has 2 saturated heterocycles. The van der Waals surface area contributed by atoms with Crippen LogP contribution in [0.3, 0.4) is 0 Å². The minimum absolute atomic E-state index is 0.0138. The van der Waals surface area contributed by atoms with Gasteiger partial charge >= 0.3 is 15.4 Å². The molecule has 0 bridgehead atoms. The Kier molecular flexibility index (Phi) is 4.65. The minimum atomic E-state index is -3.46. The second kappa shape index (κ2) is 6.70. The van der Waals surface area contributed by atoms with Crippen LogP contribution in [0.5, 0.6) is 0 Å². The number of anilines is 3. The van der Waals surface area contributed by atoms with Crippen molar-refractivity contribution in [2.45, 2.75) is 30.8 Å². The summed E-state index contributed by atoms with van der Waals surface area (Å²) in [5.41, 5.74) is 12.0. The highest BCUT2D eigenvalue weighted by Crippen LogP contribution is 2.58. The molecule has 8 N–H and O–H groups in total. The molecule has 12 nitrogen and oxygen atoms in total. The number of nitrogens with one attached hydrogen (secondary N) is 2.